The Morgan fingerprint density at radius 1 is 1.05 bits per heavy atom. The topological polar surface area (TPSA) is 52.8 Å². The predicted molar refractivity (Wildman–Crippen MR) is 81.6 cm³/mol. The lowest BCUT2D eigenvalue weighted by Crippen LogP contribution is -2.53. The molecule has 2 fully saturated rings. The Balaban J connectivity index is 1.80. The van der Waals surface area contributed by atoms with Crippen molar-refractivity contribution in [3.63, 3.8) is 0 Å². The van der Waals surface area contributed by atoms with E-state index in [9.17, 15) is 4.79 Å². The van der Waals surface area contributed by atoms with E-state index in [0.717, 1.165) is 58.7 Å². The largest absolute Gasteiger partial charge is 0.343 e. The second-order valence-electron chi connectivity index (χ2n) is 6.01. The Hall–Kier alpha value is -0.650. The van der Waals surface area contributed by atoms with Crippen molar-refractivity contribution in [1.82, 2.24) is 14.7 Å². The van der Waals surface area contributed by atoms with Crippen LogP contribution in [0, 0.1) is 0 Å². The maximum atomic E-state index is 12.4. The molecule has 2 aliphatic heterocycles. The van der Waals surface area contributed by atoms with Gasteiger partial charge in [0.2, 0.25) is 5.91 Å². The third-order valence-electron chi connectivity index (χ3n) is 4.76. The Morgan fingerprint density at radius 2 is 1.70 bits per heavy atom. The summed E-state index contributed by atoms with van der Waals surface area (Å²) in [4.78, 5) is 19.3. The van der Waals surface area contributed by atoms with Crippen LogP contribution < -0.4 is 5.73 Å². The van der Waals surface area contributed by atoms with Crippen LogP contribution >= 0.6 is 0 Å². The first kappa shape index (κ1) is 15.7. The fourth-order valence-corrected chi connectivity index (χ4v) is 3.28. The molecule has 1 atom stereocenters. The second-order valence-corrected chi connectivity index (χ2v) is 6.01. The first-order chi connectivity index (χ1) is 9.74. The molecule has 2 aliphatic rings. The van der Waals surface area contributed by atoms with Crippen LogP contribution in [0.3, 0.4) is 0 Å². The third-order valence-corrected chi connectivity index (χ3v) is 4.76. The molecule has 1 unspecified atom stereocenters. The van der Waals surface area contributed by atoms with Crippen molar-refractivity contribution in [2.24, 2.45) is 5.73 Å². The minimum Gasteiger partial charge on any atom is -0.343 e. The Kier molecular flexibility index (Phi) is 6.26. The fourth-order valence-electron chi connectivity index (χ4n) is 3.28. The average Bonchev–Trinajstić information content (AvgIpc) is 2.53. The van der Waals surface area contributed by atoms with Gasteiger partial charge in [-0.25, -0.2) is 0 Å². The molecule has 2 N–H and O–H groups in total. The maximum absolute atomic E-state index is 12.4. The monoisotopic (exact) mass is 282 g/mol. The first-order valence-corrected chi connectivity index (χ1v) is 8.18. The molecule has 2 heterocycles. The SMILES string of the molecule is CCN1CCN(C(CN)CC(=O)N2CCCCC2)CC1. The molecule has 1 amide bonds. The van der Waals surface area contributed by atoms with E-state index in [2.05, 4.69) is 16.7 Å². The molecule has 2 rings (SSSR count). The summed E-state index contributed by atoms with van der Waals surface area (Å²) in [5, 5.41) is 0. The van der Waals surface area contributed by atoms with Crippen LogP contribution in [-0.2, 0) is 4.79 Å². The zero-order valence-electron chi connectivity index (χ0n) is 12.9. The van der Waals surface area contributed by atoms with E-state index in [1.807, 2.05) is 4.90 Å². The molecule has 5 nitrogen and oxygen atoms in total. The molecule has 0 aliphatic carbocycles. The van der Waals surface area contributed by atoms with Crippen LogP contribution in [0.5, 0.6) is 0 Å². The molecule has 5 heteroatoms. The van der Waals surface area contributed by atoms with Crippen molar-refractivity contribution in [2.45, 2.75) is 38.6 Å². The van der Waals surface area contributed by atoms with E-state index < -0.39 is 0 Å². The summed E-state index contributed by atoms with van der Waals surface area (Å²) in [6, 6.07) is 0.225. The number of carbonyl (C=O) groups is 1. The lowest BCUT2D eigenvalue weighted by Gasteiger charge is -2.39. The normalized spacial score (nSPS) is 23.8. The van der Waals surface area contributed by atoms with Crippen molar-refractivity contribution in [3.05, 3.63) is 0 Å². The summed E-state index contributed by atoms with van der Waals surface area (Å²) in [5.41, 5.74) is 5.92. The van der Waals surface area contributed by atoms with Gasteiger partial charge in [-0.1, -0.05) is 6.92 Å². The van der Waals surface area contributed by atoms with Gasteiger partial charge in [-0.15, -0.1) is 0 Å². The predicted octanol–water partition coefficient (Wildman–Crippen LogP) is 0.354. The van der Waals surface area contributed by atoms with Crippen LogP contribution in [0.15, 0.2) is 0 Å². The number of rotatable bonds is 5. The number of nitrogens with two attached hydrogens (primary N) is 1. The smallest absolute Gasteiger partial charge is 0.224 e. The van der Waals surface area contributed by atoms with E-state index in [4.69, 9.17) is 5.73 Å². The number of piperazine rings is 1. The zero-order chi connectivity index (χ0) is 14.4. The number of hydrogen-bond acceptors (Lipinski definition) is 4. The fraction of sp³-hybridized carbons (Fsp3) is 0.933. The molecule has 0 spiro atoms. The Morgan fingerprint density at radius 3 is 2.25 bits per heavy atom. The number of hydrogen-bond donors (Lipinski definition) is 1. The van der Waals surface area contributed by atoms with E-state index >= 15 is 0 Å². The molecule has 0 aromatic carbocycles. The molecule has 0 radical (unpaired) electrons. The number of piperidine rings is 1. The van der Waals surface area contributed by atoms with Gasteiger partial charge in [-0.05, 0) is 25.8 Å². The van der Waals surface area contributed by atoms with Crippen molar-refractivity contribution in [1.29, 1.82) is 0 Å². The van der Waals surface area contributed by atoms with Gasteiger partial charge >= 0.3 is 0 Å². The summed E-state index contributed by atoms with van der Waals surface area (Å²) in [6.07, 6.45) is 4.19. The molecule has 2 saturated heterocycles. The Bertz CT molecular complexity index is 296. The van der Waals surface area contributed by atoms with Gasteiger partial charge in [-0.2, -0.15) is 0 Å². The summed E-state index contributed by atoms with van der Waals surface area (Å²) < 4.78 is 0. The number of amides is 1. The van der Waals surface area contributed by atoms with E-state index in [1.165, 1.54) is 6.42 Å². The van der Waals surface area contributed by atoms with Gasteiger partial charge in [0, 0.05) is 58.3 Å². The minimum atomic E-state index is 0.225. The highest BCUT2D eigenvalue weighted by atomic mass is 16.2. The van der Waals surface area contributed by atoms with E-state index in [-0.39, 0.29) is 6.04 Å². The number of nitrogens with zero attached hydrogens (tertiary/aromatic N) is 3. The summed E-state index contributed by atoms with van der Waals surface area (Å²) in [7, 11) is 0. The van der Waals surface area contributed by atoms with Crippen LogP contribution in [0.2, 0.25) is 0 Å². The zero-order valence-corrected chi connectivity index (χ0v) is 12.9. The quantitative estimate of drug-likeness (QED) is 0.791. The average molecular weight is 282 g/mol. The minimum absolute atomic E-state index is 0.225. The van der Waals surface area contributed by atoms with Gasteiger partial charge in [0.1, 0.15) is 0 Å². The summed E-state index contributed by atoms with van der Waals surface area (Å²) in [6.45, 7) is 10.1. The number of carbonyl (C=O) groups excluding carboxylic acids is 1. The lowest BCUT2D eigenvalue weighted by atomic mass is 10.1. The van der Waals surface area contributed by atoms with Gasteiger partial charge < -0.3 is 15.5 Å². The second kappa shape index (κ2) is 7.96. The van der Waals surface area contributed by atoms with Crippen molar-refractivity contribution in [2.75, 3.05) is 52.4 Å². The Labute approximate surface area is 123 Å². The van der Waals surface area contributed by atoms with Gasteiger partial charge in [0.25, 0.3) is 0 Å². The number of likely N-dealkylation sites (N-methyl/N-ethyl adjacent to an activating group) is 1. The maximum Gasteiger partial charge on any atom is 0.224 e. The molecule has 0 aromatic rings. The van der Waals surface area contributed by atoms with E-state index in [0.29, 0.717) is 18.9 Å². The van der Waals surface area contributed by atoms with Gasteiger partial charge in [-0.3, -0.25) is 9.69 Å². The number of likely N-dealkylation sites (tertiary alicyclic amines) is 1. The first-order valence-electron chi connectivity index (χ1n) is 8.18. The van der Waals surface area contributed by atoms with Crippen molar-refractivity contribution in [3.8, 4) is 0 Å². The highest BCUT2D eigenvalue weighted by molar-refractivity contribution is 5.77. The third kappa shape index (κ3) is 4.17. The molecule has 0 aromatic heterocycles. The highest BCUT2D eigenvalue weighted by Crippen LogP contribution is 2.14. The molecule has 0 bridgehead atoms. The summed E-state index contributed by atoms with van der Waals surface area (Å²) >= 11 is 0. The van der Waals surface area contributed by atoms with Crippen molar-refractivity contribution >= 4 is 5.91 Å². The molecular weight excluding hydrogens is 252 g/mol. The molecule has 116 valence electrons. The van der Waals surface area contributed by atoms with Gasteiger partial charge in [0.05, 0.1) is 0 Å². The standard InChI is InChI=1S/C15H30N4O/c1-2-17-8-10-18(11-9-17)14(13-16)12-15(20)19-6-4-3-5-7-19/h14H,2-13,16H2,1H3. The summed E-state index contributed by atoms with van der Waals surface area (Å²) in [5.74, 6) is 0.304. The molecular formula is C15H30N4O. The van der Waals surface area contributed by atoms with Gasteiger partial charge in [0.15, 0.2) is 0 Å². The van der Waals surface area contributed by atoms with E-state index in [1.54, 1.807) is 0 Å². The molecule has 0 saturated carbocycles. The van der Waals surface area contributed by atoms with Crippen LogP contribution in [0.1, 0.15) is 32.6 Å². The molecule has 20 heavy (non-hydrogen) atoms. The van der Waals surface area contributed by atoms with Crippen LogP contribution in [0.4, 0.5) is 0 Å². The van der Waals surface area contributed by atoms with Crippen LogP contribution in [-0.4, -0.2) is 79.0 Å². The van der Waals surface area contributed by atoms with Crippen molar-refractivity contribution < 1.29 is 4.79 Å². The lowest BCUT2D eigenvalue weighted by molar-refractivity contribution is -0.133. The van der Waals surface area contributed by atoms with Crippen LogP contribution in [0.25, 0.3) is 0 Å². The highest BCUT2D eigenvalue weighted by Gasteiger charge is 2.26.